The van der Waals surface area contributed by atoms with E-state index >= 15 is 0 Å². The summed E-state index contributed by atoms with van der Waals surface area (Å²) in [5.41, 5.74) is 0.127. The number of aliphatic hydroxyl groups is 1. The second-order valence-corrected chi connectivity index (χ2v) is 4.69. The van der Waals surface area contributed by atoms with Crippen molar-refractivity contribution in [1.29, 1.82) is 0 Å². The van der Waals surface area contributed by atoms with Crippen molar-refractivity contribution < 1.29 is 14.8 Å². The van der Waals surface area contributed by atoms with Crippen LogP contribution >= 0.6 is 23.2 Å². The van der Waals surface area contributed by atoms with E-state index in [-0.39, 0.29) is 23.8 Å². The maximum atomic E-state index is 11.0. The molecule has 0 bridgehead atoms. The minimum Gasteiger partial charge on any atom is -0.450 e. The first kappa shape index (κ1) is 14.6. The van der Waals surface area contributed by atoms with Crippen molar-refractivity contribution in [3.63, 3.8) is 0 Å². The molecule has 0 aliphatic rings. The number of halogens is 2. The number of hydrogen-bond acceptors (Lipinski definition) is 4. The Morgan fingerprint density at radius 1 is 1.20 bits per heavy atom. The van der Waals surface area contributed by atoms with E-state index in [0.29, 0.717) is 15.6 Å². The third-order valence-electron chi connectivity index (χ3n) is 2.57. The zero-order valence-corrected chi connectivity index (χ0v) is 11.6. The molecule has 2 rings (SSSR count). The molecule has 0 saturated carbocycles. The molecule has 0 heterocycles. The standard InChI is InChI=1S/C13H9Cl2NO4/c14-8-4-5-11(16(18)19)13(6-8)20-12-3-1-2-10(15)9(12)7-17/h1-6,17H,7H2. The zero-order chi connectivity index (χ0) is 14.7. The average Bonchev–Trinajstić information content (AvgIpc) is 2.38. The lowest BCUT2D eigenvalue weighted by Crippen LogP contribution is -1.96. The number of rotatable bonds is 4. The van der Waals surface area contributed by atoms with Gasteiger partial charge in [-0.15, -0.1) is 0 Å². The first-order valence-corrected chi connectivity index (χ1v) is 6.28. The molecule has 0 fully saturated rings. The molecule has 5 nitrogen and oxygen atoms in total. The molecule has 7 heteroatoms. The quantitative estimate of drug-likeness (QED) is 0.678. The molecule has 0 atom stereocenters. The van der Waals surface area contributed by atoms with Crippen LogP contribution in [0.15, 0.2) is 36.4 Å². The third kappa shape index (κ3) is 3.01. The minimum atomic E-state index is -0.575. The molecule has 1 N–H and O–H groups in total. The first-order valence-electron chi connectivity index (χ1n) is 5.53. The molecule has 0 aliphatic carbocycles. The van der Waals surface area contributed by atoms with E-state index in [4.69, 9.17) is 27.9 Å². The van der Waals surface area contributed by atoms with Gasteiger partial charge < -0.3 is 9.84 Å². The van der Waals surface area contributed by atoms with Crippen molar-refractivity contribution in [2.24, 2.45) is 0 Å². The number of nitro groups is 1. The molecule has 0 saturated heterocycles. The number of hydrogen-bond donors (Lipinski definition) is 1. The fourth-order valence-electron chi connectivity index (χ4n) is 1.63. The van der Waals surface area contributed by atoms with Gasteiger partial charge in [-0.25, -0.2) is 0 Å². The molecule has 0 unspecified atom stereocenters. The molecule has 2 aromatic carbocycles. The van der Waals surface area contributed by atoms with Gasteiger partial charge in [-0.1, -0.05) is 29.3 Å². The van der Waals surface area contributed by atoms with E-state index in [2.05, 4.69) is 0 Å². The van der Waals surface area contributed by atoms with Crippen molar-refractivity contribution in [3.8, 4) is 11.5 Å². The highest BCUT2D eigenvalue weighted by Gasteiger charge is 2.18. The molecule has 0 radical (unpaired) electrons. The van der Waals surface area contributed by atoms with E-state index in [1.807, 2.05) is 0 Å². The molecule has 20 heavy (non-hydrogen) atoms. The summed E-state index contributed by atoms with van der Waals surface area (Å²) in [6, 6.07) is 8.75. The Labute approximate surface area is 124 Å². The summed E-state index contributed by atoms with van der Waals surface area (Å²) >= 11 is 11.7. The summed E-state index contributed by atoms with van der Waals surface area (Å²) in [6.45, 7) is -0.344. The van der Waals surface area contributed by atoms with Crippen LogP contribution in [0.3, 0.4) is 0 Å². The molecule has 0 amide bonds. The van der Waals surface area contributed by atoms with Gasteiger partial charge in [-0.3, -0.25) is 10.1 Å². The van der Waals surface area contributed by atoms with Gasteiger partial charge in [0, 0.05) is 27.7 Å². The normalized spacial score (nSPS) is 10.3. The van der Waals surface area contributed by atoms with Gasteiger partial charge in [0.25, 0.3) is 0 Å². The highest BCUT2D eigenvalue weighted by atomic mass is 35.5. The van der Waals surface area contributed by atoms with E-state index in [9.17, 15) is 15.2 Å². The van der Waals surface area contributed by atoms with Crippen LogP contribution in [0.1, 0.15) is 5.56 Å². The smallest absolute Gasteiger partial charge is 0.311 e. The van der Waals surface area contributed by atoms with Crippen LogP contribution in [0.2, 0.25) is 10.0 Å². The van der Waals surface area contributed by atoms with Gasteiger partial charge in [0.1, 0.15) is 5.75 Å². The van der Waals surface area contributed by atoms with Gasteiger partial charge in [-0.05, 0) is 18.2 Å². The van der Waals surface area contributed by atoms with Crippen LogP contribution in [0.5, 0.6) is 11.5 Å². The predicted octanol–water partition coefficient (Wildman–Crippen LogP) is 4.19. The Morgan fingerprint density at radius 2 is 1.95 bits per heavy atom. The molecule has 2 aromatic rings. The Hall–Kier alpha value is -1.82. The van der Waals surface area contributed by atoms with Crippen LogP contribution in [-0.2, 0) is 6.61 Å². The molecule has 0 spiro atoms. The second kappa shape index (κ2) is 6.09. The summed E-state index contributed by atoms with van der Waals surface area (Å²) in [4.78, 5) is 10.4. The molecule has 0 aliphatic heterocycles. The van der Waals surface area contributed by atoms with Crippen LogP contribution in [-0.4, -0.2) is 10.0 Å². The van der Waals surface area contributed by atoms with Crippen LogP contribution in [0.25, 0.3) is 0 Å². The maximum Gasteiger partial charge on any atom is 0.311 e. The van der Waals surface area contributed by atoms with Crippen molar-refractivity contribution in [1.82, 2.24) is 0 Å². The zero-order valence-electron chi connectivity index (χ0n) is 10.0. The highest BCUT2D eigenvalue weighted by molar-refractivity contribution is 6.31. The summed E-state index contributed by atoms with van der Waals surface area (Å²) in [5.74, 6) is 0.227. The van der Waals surface area contributed by atoms with Gasteiger partial charge in [0.15, 0.2) is 0 Å². The van der Waals surface area contributed by atoms with E-state index < -0.39 is 4.92 Å². The minimum absolute atomic E-state index is 0.0144. The fourth-order valence-corrected chi connectivity index (χ4v) is 2.01. The maximum absolute atomic E-state index is 11.0. The Balaban J connectivity index is 2.47. The topological polar surface area (TPSA) is 72.6 Å². The summed E-state index contributed by atoms with van der Waals surface area (Å²) in [5, 5.41) is 20.9. The summed E-state index contributed by atoms with van der Waals surface area (Å²) in [7, 11) is 0. The first-order chi connectivity index (χ1) is 9.52. The Morgan fingerprint density at radius 3 is 2.60 bits per heavy atom. The lowest BCUT2D eigenvalue weighted by molar-refractivity contribution is -0.385. The van der Waals surface area contributed by atoms with E-state index in [0.717, 1.165) is 0 Å². The fraction of sp³-hybridized carbons (Fsp3) is 0.0769. The van der Waals surface area contributed by atoms with Crippen molar-refractivity contribution >= 4 is 28.9 Å². The third-order valence-corrected chi connectivity index (χ3v) is 3.16. The molecule has 104 valence electrons. The molecular formula is C13H9Cl2NO4. The van der Waals surface area contributed by atoms with Crippen LogP contribution in [0, 0.1) is 10.1 Å². The van der Waals surface area contributed by atoms with E-state index in [1.165, 1.54) is 18.2 Å². The number of benzene rings is 2. The van der Waals surface area contributed by atoms with Gasteiger partial charge >= 0.3 is 5.69 Å². The molecule has 0 aromatic heterocycles. The second-order valence-electron chi connectivity index (χ2n) is 3.85. The van der Waals surface area contributed by atoms with Crippen LogP contribution < -0.4 is 4.74 Å². The number of nitro benzene ring substituents is 1. The van der Waals surface area contributed by atoms with Crippen molar-refractivity contribution in [3.05, 3.63) is 62.1 Å². The lowest BCUT2D eigenvalue weighted by Gasteiger charge is -2.11. The Kier molecular flexibility index (Phi) is 4.44. The Bertz CT molecular complexity index is 661. The average molecular weight is 314 g/mol. The van der Waals surface area contributed by atoms with Gasteiger partial charge in [-0.2, -0.15) is 0 Å². The molecular weight excluding hydrogens is 305 g/mol. The predicted molar refractivity (Wildman–Crippen MR) is 75.6 cm³/mol. The number of aliphatic hydroxyl groups excluding tert-OH is 1. The lowest BCUT2D eigenvalue weighted by atomic mass is 10.2. The summed E-state index contributed by atoms with van der Waals surface area (Å²) < 4.78 is 5.48. The summed E-state index contributed by atoms with van der Waals surface area (Å²) in [6.07, 6.45) is 0. The van der Waals surface area contributed by atoms with Gasteiger partial charge in [0.2, 0.25) is 5.75 Å². The van der Waals surface area contributed by atoms with E-state index in [1.54, 1.807) is 18.2 Å². The number of nitrogens with zero attached hydrogens (tertiary/aromatic N) is 1. The number of ether oxygens (including phenoxy) is 1. The van der Waals surface area contributed by atoms with Crippen molar-refractivity contribution in [2.45, 2.75) is 6.61 Å². The SMILES string of the molecule is O=[N+]([O-])c1ccc(Cl)cc1Oc1cccc(Cl)c1CO. The van der Waals surface area contributed by atoms with Gasteiger partial charge in [0.05, 0.1) is 11.5 Å². The van der Waals surface area contributed by atoms with Crippen LogP contribution in [0.4, 0.5) is 5.69 Å². The van der Waals surface area contributed by atoms with Crippen molar-refractivity contribution in [2.75, 3.05) is 0 Å². The monoisotopic (exact) mass is 313 g/mol. The highest BCUT2D eigenvalue weighted by Crippen LogP contribution is 2.36. The largest absolute Gasteiger partial charge is 0.450 e.